The van der Waals surface area contributed by atoms with Crippen LogP contribution in [0, 0.1) is 5.92 Å². The van der Waals surface area contributed by atoms with Crippen LogP contribution in [0.25, 0.3) is 0 Å². The predicted octanol–water partition coefficient (Wildman–Crippen LogP) is 1.12. The zero-order chi connectivity index (χ0) is 18.6. The first-order chi connectivity index (χ1) is 11.9. The third kappa shape index (κ3) is 4.64. The van der Waals surface area contributed by atoms with Gasteiger partial charge in [0.2, 0.25) is 5.91 Å². The number of benzene rings is 1. The fraction of sp³-hybridized carbons (Fsp3) is 0.632. The summed E-state index contributed by atoms with van der Waals surface area (Å²) in [6, 6.07) is 5.78. The van der Waals surface area contributed by atoms with E-state index in [0.717, 1.165) is 17.0 Å². The van der Waals surface area contributed by atoms with Crippen molar-refractivity contribution in [3.63, 3.8) is 0 Å². The molecule has 0 bridgehead atoms. The molecule has 0 radical (unpaired) electrons. The summed E-state index contributed by atoms with van der Waals surface area (Å²) >= 11 is 0. The highest BCUT2D eigenvalue weighted by atomic mass is 16.5. The normalized spacial score (nSPS) is 22.3. The molecule has 0 aliphatic carbocycles. The van der Waals surface area contributed by atoms with Gasteiger partial charge in [-0.3, -0.25) is 4.79 Å². The summed E-state index contributed by atoms with van der Waals surface area (Å²) in [7, 11) is 5.86. The number of carbonyl (C=O) groups is 1. The molecule has 1 aromatic carbocycles. The molecule has 3 atom stereocenters. The van der Waals surface area contributed by atoms with Crippen LogP contribution in [-0.2, 0) is 11.2 Å². The number of amides is 1. The third-order valence-electron chi connectivity index (χ3n) is 4.82. The van der Waals surface area contributed by atoms with Gasteiger partial charge in [-0.25, -0.2) is 0 Å². The molecule has 0 saturated heterocycles. The second-order valence-corrected chi connectivity index (χ2v) is 7.13. The number of aliphatic hydroxyl groups is 1. The summed E-state index contributed by atoms with van der Waals surface area (Å²) < 4.78 is 6.29. The fourth-order valence-corrected chi connectivity index (χ4v) is 3.14. The second kappa shape index (κ2) is 8.54. The number of fused-ring (bicyclic) bond motifs is 1. The lowest BCUT2D eigenvalue weighted by Gasteiger charge is -2.32. The Morgan fingerprint density at radius 1 is 1.44 bits per heavy atom. The first kappa shape index (κ1) is 19.5. The van der Waals surface area contributed by atoms with Gasteiger partial charge < -0.3 is 25.0 Å². The van der Waals surface area contributed by atoms with Crippen molar-refractivity contribution in [2.24, 2.45) is 5.92 Å². The van der Waals surface area contributed by atoms with E-state index in [9.17, 15) is 9.90 Å². The monoisotopic (exact) mass is 349 g/mol. The van der Waals surface area contributed by atoms with Crippen molar-refractivity contribution in [1.82, 2.24) is 10.2 Å². The lowest BCUT2D eigenvalue weighted by Crippen LogP contribution is -2.47. The van der Waals surface area contributed by atoms with E-state index >= 15 is 0 Å². The van der Waals surface area contributed by atoms with Crippen LogP contribution >= 0.6 is 0 Å². The quantitative estimate of drug-likeness (QED) is 0.834. The average Bonchev–Trinajstić information content (AvgIpc) is 2.63. The standard InChI is InChI=1S/C19H31N3O3/c1-13-11-22(14(2)12-23)19(24)9-15-8-16(21(4)5)6-7-17(15)25-18(13)10-20-3/h6-8,13-14,18,20,23H,9-12H2,1-5H3/t13-,14-,18-/m0/s1. The molecule has 0 unspecified atom stereocenters. The maximum absolute atomic E-state index is 12.9. The van der Waals surface area contributed by atoms with Crippen LogP contribution in [0.15, 0.2) is 18.2 Å². The Balaban J connectivity index is 2.44. The van der Waals surface area contributed by atoms with Crippen molar-refractivity contribution >= 4 is 11.6 Å². The highest BCUT2D eigenvalue weighted by molar-refractivity contribution is 5.80. The van der Waals surface area contributed by atoms with E-state index in [1.165, 1.54) is 0 Å². The maximum Gasteiger partial charge on any atom is 0.227 e. The second-order valence-electron chi connectivity index (χ2n) is 7.13. The summed E-state index contributed by atoms with van der Waals surface area (Å²) in [6.07, 6.45) is 0.230. The van der Waals surface area contributed by atoms with Crippen molar-refractivity contribution in [3.8, 4) is 5.75 Å². The molecule has 0 aromatic heterocycles. The molecular weight excluding hydrogens is 318 g/mol. The van der Waals surface area contributed by atoms with Crippen LogP contribution in [0.4, 0.5) is 5.69 Å². The van der Waals surface area contributed by atoms with Crippen molar-refractivity contribution < 1.29 is 14.6 Å². The molecule has 1 amide bonds. The molecule has 0 fully saturated rings. The number of rotatable bonds is 5. The zero-order valence-electron chi connectivity index (χ0n) is 16.0. The summed E-state index contributed by atoms with van der Waals surface area (Å²) in [5.41, 5.74) is 1.93. The lowest BCUT2D eigenvalue weighted by atomic mass is 10.0. The summed E-state index contributed by atoms with van der Waals surface area (Å²) in [5.74, 6) is 0.939. The Morgan fingerprint density at radius 3 is 2.76 bits per heavy atom. The van der Waals surface area contributed by atoms with E-state index in [1.807, 2.05) is 51.2 Å². The summed E-state index contributed by atoms with van der Waals surface area (Å²) in [5, 5.41) is 12.7. The molecule has 1 aliphatic heterocycles. The van der Waals surface area contributed by atoms with Crippen molar-refractivity contribution in [3.05, 3.63) is 23.8 Å². The van der Waals surface area contributed by atoms with E-state index in [1.54, 1.807) is 4.90 Å². The largest absolute Gasteiger partial charge is 0.488 e. The minimum absolute atomic E-state index is 0.0271. The number of likely N-dealkylation sites (N-methyl/N-ethyl adjacent to an activating group) is 1. The molecule has 6 heteroatoms. The third-order valence-corrected chi connectivity index (χ3v) is 4.82. The number of carbonyl (C=O) groups excluding carboxylic acids is 1. The molecule has 2 rings (SSSR count). The SMILES string of the molecule is CNC[C@@H]1Oc2ccc(N(C)C)cc2CC(=O)N([C@@H](C)CO)C[C@@H]1C. The molecule has 6 nitrogen and oxygen atoms in total. The van der Waals surface area contributed by atoms with Crippen LogP contribution in [0.3, 0.4) is 0 Å². The van der Waals surface area contributed by atoms with Gasteiger partial charge in [-0.05, 0) is 32.2 Å². The molecule has 0 spiro atoms. The minimum Gasteiger partial charge on any atom is -0.488 e. The van der Waals surface area contributed by atoms with E-state index in [2.05, 4.69) is 12.2 Å². The molecule has 140 valence electrons. The van der Waals surface area contributed by atoms with E-state index < -0.39 is 0 Å². The smallest absolute Gasteiger partial charge is 0.227 e. The van der Waals surface area contributed by atoms with Crippen molar-refractivity contribution in [1.29, 1.82) is 0 Å². The van der Waals surface area contributed by atoms with Crippen molar-refractivity contribution in [2.45, 2.75) is 32.4 Å². The number of nitrogens with one attached hydrogen (secondary N) is 1. The summed E-state index contributed by atoms with van der Waals surface area (Å²) in [6.45, 7) is 5.20. The molecule has 25 heavy (non-hydrogen) atoms. The van der Waals surface area contributed by atoms with Gasteiger partial charge in [0, 0.05) is 44.4 Å². The molecule has 1 aromatic rings. The Hall–Kier alpha value is -1.79. The maximum atomic E-state index is 12.9. The van der Waals surface area contributed by atoms with E-state index in [0.29, 0.717) is 13.1 Å². The van der Waals surface area contributed by atoms with E-state index in [-0.39, 0.29) is 37.0 Å². The number of ether oxygens (including phenoxy) is 1. The van der Waals surface area contributed by atoms with Crippen LogP contribution in [0.2, 0.25) is 0 Å². The fourth-order valence-electron chi connectivity index (χ4n) is 3.14. The number of anilines is 1. The van der Waals surface area contributed by atoms with Gasteiger partial charge in [-0.2, -0.15) is 0 Å². The number of nitrogens with zero attached hydrogens (tertiary/aromatic N) is 2. The van der Waals surface area contributed by atoms with Gasteiger partial charge in [0.15, 0.2) is 0 Å². The highest BCUT2D eigenvalue weighted by Crippen LogP contribution is 2.29. The number of aliphatic hydroxyl groups excluding tert-OH is 1. The van der Waals surface area contributed by atoms with Gasteiger partial charge in [0.1, 0.15) is 11.9 Å². The molecule has 1 heterocycles. The summed E-state index contributed by atoms with van der Waals surface area (Å²) in [4.78, 5) is 16.7. The van der Waals surface area contributed by atoms with E-state index in [4.69, 9.17) is 4.74 Å². The van der Waals surface area contributed by atoms with Crippen LogP contribution in [0.5, 0.6) is 5.75 Å². The van der Waals surface area contributed by atoms with Gasteiger partial charge in [0.05, 0.1) is 19.1 Å². The lowest BCUT2D eigenvalue weighted by molar-refractivity contribution is -0.134. The first-order valence-electron chi connectivity index (χ1n) is 8.89. The van der Waals surface area contributed by atoms with Crippen molar-refractivity contribution in [2.75, 3.05) is 45.7 Å². The Kier molecular flexibility index (Phi) is 6.67. The topological polar surface area (TPSA) is 65.0 Å². The van der Waals surface area contributed by atoms with Crippen LogP contribution in [0.1, 0.15) is 19.4 Å². The molecule has 2 N–H and O–H groups in total. The number of hydrogen-bond donors (Lipinski definition) is 2. The average molecular weight is 349 g/mol. The molecule has 0 saturated carbocycles. The Morgan fingerprint density at radius 2 is 2.16 bits per heavy atom. The van der Waals surface area contributed by atoms with Crippen LogP contribution in [-0.4, -0.2) is 68.9 Å². The Labute approximate surface area is 150 Å². The van der Waals surface area contributed by atoms with Gasteiger partial charge in [-0.15, -0.1) is 0 Å². The van der Waals surface area contributed by atoms with Gasteiger partial charge in [-0.1, -0.05) is 6.92 Å². The molecular formula is C19H31N3O3. The van der Waals surface area contributed by atoms with Gasteiger partial charge in [0.25, 0.3) is 0 Å². The predicted molar refractivity (Wildman–Crippen MR) is 100 cm³/mol. The first-order valence-corrected chi connectivity index (χ1v) is 8.89. The van der Waals surface area contributed by atoms with Gasteiger partial charge >= 0.3 is 0 Å². The minimum atomic E-state index is -0.205. The van der Waals surface area contributed by atoms with Crippen LogP contribution < -0.4 is 15.0 Å². The zero-order valence-corrected chi connectivity index (χ0v) is 16.0. The molecule has 1 aliphatic rings. The Bertz CT molecular complexity index is 591. The highest BCUT2D eigenvalue weighted by Gasteiger charge is 2.30. The number of hydrogen-bond acceptors (Lipinski definition) is 5.